The Balaban J connectivity index is 1.80. The fraction of sp³-hybridized carbons (Fsp3) is 0.308. The van der Waals surface area contributed by atoms with Gasteiger partial charge >= 0.3 is 6.55 Å². The fourth-order valence-electron chi connectivity index (χ4n) is 2.03. The van der Waals surface area contributed by atoms with E-state index in [-0.39, 0.29) is 5.75 Å². The van der Waals surface area contributed by atoms with E-state index in [9.17, 15) is 8.78 Å². The van der Waals surface area contributed by atoms with Crippen molar-refractivity contribution in [3.8, 4) is 11.6 Å². The molecular formula is C13H13F2N5OS. The maximum Gasteiger partial charge on any atom is 0.319 e. The van der Waals surface area contributed by atoms with Gasteiger partial charge in [0.05, 0.1) is 12.0 Å². The van der Waals surface area contributed by atoms with Crippen LogP contribution in [0.2, 0.25) is 0 Å². The first-order valence-electron chi connectivity index (χ1n) is 6.60. The summed E-state index contributed by atoms with van der Waals surface area (Å²) in [5.41, 5.74) is 0. The zero-order chi connectivity index (χ0) is 15.5. The monoisotopic (exact) mass is 325 g/mol. The summed E-state index contributed by atoms with van der Waals surface area (Å²) in [5, 5.41) is 8.86. The summed E-state index contributed by atoms with van der Waals surface area (Å²) in [5.74, 6) is 1.82. The first-order chi connectivity index (χ1) is 10.7. The molecule has 0 aliphatic carbocycles. The van der Waals surface area contributed by atoms with Crippen LogP contribution in [0.4, 0.5) is 8.78 Å². The van der Waals surface area contributed by atoms with Gasteiger partial charge in [0.2, 0.25) is 0 Å². The predicted molar refractivity (Wildman–Crippen MR) is 76.4 cm³/mol. The van der Waals surface area contributed by atoms with Crippen molar-refractivity contribution in [1.29, 1.82) is 0 Å². The highest BCUT2D eigenvalue weighted by atomic mass is 32.2. The molecule has 0 N–H and O–H groups in total. The van der Waals surface area contributed by atoms with Gasteiger partial charge in [-0.05, 0) is 19.1 Å². The Bertz CT molecular complexity index is 738. The molecule has 0 atom stereocenters. The Labute approximate surface area is 129 Å². The standard InChI is InChI=1S/C13H13F2N5OS/c1-2-19-11(9-4-3-7-21-9)17-18-13(19)22-8-10-16-5-6-20(10)12(14)15/h3-7,12H,2,8H2,1H3. The van der Waals surface area contributed by atoms with Crippen LogP contribution in [0.3, 0.4) is 0 Å². The summed E-state index contributed by atoms with van der Waals surface area (Å²) in [7, 11) is 0. The summed E-state index contributed by atoms with van der Waals surface area (Å²) in [6.45, 7) is 0.00931. The normalized spacial score (nSPS) is 11.5. The second-order valence-electron chi connectivity index (χ2n) is 4.34. The molecule has 6 nitrogen and oxygen atoms in total. The van der Waals surface area contributed by atoms with Crippen molar-refractivity contribution in [2.24, 2.45) is 0 Å². The number of aromatic nitrogens is 5. The summed E-state index contributed by atoms with van der Waals surface area (Å²) in [6, 6.07) is 3.57. The zero-order valence-corrected chi connectivity index (χ0v) is 12.5. The molecule has 3 heterocycles. The van der Waals surface area contributed by atoms with E-state index in [1.807, 2.05) is 11.5 Å². The van der Waals surface area contributed by atoms with Crippen molar-refractivity contribution in [3.05, 3.63) is 36.6 Å². The van der Waals surface area contributed by atoms with E-state index in [2.05, 4.69) is 15.2 Å². The van der Waals surface area contributed by atoms with Gasteiger partial charge in [-0.15, -0.1) is 10.2 Å². The largest absolute Gasteiger partial charge is 0.461 e. The van der Waals surface area contributed by atoms with Crippen LogP contribution in [0.15, 0.2) is 40.4 Å². The van der Waals surface area contributed by atoms with Crippen LogP contribution >= 0.6 is 11.8 Å². The molecule has 0 saturated heterocycles. The van der Waals surface area contributed by atoms with E-state index in [1.165, 1.54) is 24.2 Å². The molecule has 116 valence electrons. The maximum atomic E-state index is 12.8. The number of alkyl halides is 2. The van der Waals surface area contributed by atoms with Crippen molar-refractivity contribution >= 4 is 11.8 Å². The Kier molecular flexibility index (Phi) is 4.23. The van der Waals surface area contributed by atoms with Gasteiger partial charge in [0.15, 0.2) is 16.7 Å². The average molecular weight is 325 g/mol. The molecule has 3 aromatic rings. The molecule has 22 heavy (non-hydrogen) atoms. The number of hydrogen-bond acceptors (Lipinski definition) is 5. The van der Waals surface area contributed by atoms with E-state index in [0.717, 1.165) is 4.57 Å². The first kappa shape index (κ1) is 14.8. The van der Waals surface area contributed by atoms with Crippen molar-refractivity contribution in [2.45, 2.75) is 30.9 Å². The second-order valence-corrected chi connectivity index (χ2v) is 5.29. The molecule has 0 aromatic carbocycles. The van der Waals surface area contributed by atoms with Crippen LogP contribution in [0.1, 0.15) is 19.3 Å². The number of furan rings is 1. The molecule has 0 fully saturated rings. The lowest BCUT2D eigenvalue weighted by Crippen LogP contribution is -2.03. The van der Waals surface area contributed by atoms with E-state index in [4.69, 9.17) is 4.42 Å². The van der Waals surface area contributed by atoms with Crippen molar-refractivity contribution in [2.75, 3.05) is 0 Å². The van der Waals surface area contributed by atoms with Gasteiger partial charge in [0.1, 0.15) is 5.82 Å². The third-order valence-electron chi connectivity index (χ3n) is 3.06. The highest BCUT2D eigenvalue weighted by Gasteiger charge is 2.17. The molecule has 0 unspecified atom stereocenters. The maximum absolute atomic E-state index is 12.8. The van der Waals surface area contributed by atoms with E-state index >= 15 is 0 Å². The molecular weight excluding hydrogens is 312 g/mol. The van der Waals surface area contributed by atoms with Crippen LogP contribution in [0, 0.1) is 0 Å². The number of halogens is 2. The number of rotatable bonds is 6. The molecule has 0 aliphatic rings. The molecule has 0 bridgehead atoms. The van der Waals surface area contributed by atoms with Gasteiger partial charge in [0, 0.05) is 18.9 Å². The number of hydrogen-bond donors (Lipinski definition) is 0. The van der Waals surface area contributed by atoms with Crippen LogP contribution in [-0.4, -0.2) is 24.3 Å². The molecule has 0 radical (unpaired) electrons. The molecule has 0 saturated carbocycles. The lowest BCUT2D eigenvalue weighted by atomic mass is 10.4. The Morgan fingerprint density at radius 1 is 1.36 bits per heavy atom. The van der Waals surface area contributed by atoms with Gasteiger partial charge in [0.25, 0.3) is 0 Å². The van der Waals surface area contributed by atoms with Gasteiger partial charge in [-0.3, -0.25) is 9.13 Å². The topological polar surface area (TPSA) is 61.7 Å². The highest BCUT2D eigenvalue weighted by Crippen LogP contribution is 2.27. The van der Waals surface area contributed by atoms with Gasteiger partial charge in [-0.2, -0.15) is 8.78 Å². The van der Waals surface area contributed by atoms with Crippen molar-refractivity contribution in [3.63, 3.8) is 0 Å². The van der Waals surface area contributed by atoms with Crippen LogP contribution in [-0.2, 0) is 12.3 Å². The van der Waals surface area contributed by atoms with E-state index < -0.39 is 6.55 Å². The SMILES string of the molecule is CCn1c(SCc2nccn2C(F)F)nnc1-c1ccco1. The number of imidazole rings is 1. The first-order valence-corrected chi connectivity index (χ1v) is 7.59. The highest BCUT2D eigenvalue weighted by molar-refractivity contribution is 7.98. The van der Waals surface area contributed by atoms with Crippen molar-refractivity contribution in [1.82, 2.24) is 24.3 Å². The fourth-order valence-corrected chi connectivity index (χ4v) is 2.98. The minimum absolute atomic E-state index is 0.285. The van der Waals surface area contributed by atoms with Crippen molar-refractivity contribution < 1.29 is 13.2 Å². The summed E-state index contributed by atoms with van der Waals surface area (Å²) >= 11 is 1.31. The lowest BCUT2D eigenvalue weighted by Gasteiger charge is -2.07. The third kappa shape index (κ3) is 2.76. The average Bonchev–Trinajstić information content (AvgIpc) is 3.23. The Hall–Kier alpha value is -2.16. The smallest absolute Gasteiger partial charge is 0.319 e. The van der Waals surface area contributed by atoms with E-state index in [1.54, 1.807) is 18.4 Å². The zero-order valence-electron chi connectivity index (χ0n) is 11.7. The minimum atomic E-state index is -2.60. The Morgan fingerprint density at radius 3 is 2.91 bits per heavy atom. The summed E-state index contributed by atoms with van der Waals surface area (Å²) < 4.78 is 33.6. The molecule has 9 heteroatoms. The molecule has 0 spiro atoms. The van der Waals surface area contributed by atoms with Gasteiger partial charge in [-0.1, -0.05) is 11.8 Å². The second kappa shape index (κ2) is 6.30. The molecule has 3 aromatic heterocycles. The molecule has 0 amide bonds. The van der Waals surface area contributed by atoms with Crippen LogP contribution < -0.4 is 0 Å². The van der Waals surface area contributed by atoms with Crippen LogP contribution in [0.5, 0.6) is 0 Å². The number of thioether (sulfide) groups is 1. The van der Waals surface area contributed by atoms with Gasteiger partial charge in [-0.25, -0.2) is 4.98 Å². The lowest BCUT2D eigenvalue weighted by molar-refractivity contribution is 0.0678. The summed E-state index contributed by atoms with van der Waals surface area (Å²) in [6.07, 6.45) is 4.19. The summed E-state index contributed by atoms with van der Waals surface area (Å²) in [4.78, 5) is 3.95. The van der Waals surface area contributed by atoms with Gasteiger partial charge < -0.3 is 4.42 Å². The number of nitrogens with zero attached hydrogens (tertiary/aromatic N) is 5. The molecule has 0 aliphatic heterocycles. The quantitative estimate of drug-likeness (QED) is 0.650. The molecule has 3 rings (SSSR count). The van der Waals surface area contributed by atoms with Crippen LogP contribution in [0.25, 0.3) is 11.6 Å². The minimum Gasteiger partial charge on any atom is -0.461 e. The third-order valence-corrected chi connectivity index (χ3v) is 4.03. The van der Waals surface area contributed by atoms with E-state index in [0.29, 0.717) is 29.1 Å². The predicted octanol–water partition coefficient (Wildman–Crippen LogP) is 3.44. The Morgan fingerprint density at radius 2 is 2.23 bits per heavy atom.